The first-order valence-corrected chi connectivity index (χ1v) is 9.99. The van der Waals surface area contributed by atoms with Gasteiger partial charge in [0, 0.05) is 17.3 Å². The van der Waals surface area contributed by atoms with Gasteiger partial charge < -0.3 is 5.32 Å². The van der Waals surface area contributed by atoms with Crippen molar-refractivity contribution in [3.8, 4) is 0 Å². The summed E-state index contributed by atoms with van der Waals surface area (Å²) in [6, 6.07) is 14.1. The van der Waals surface area contributed by atoms with Crippen LogP contribution in [0.4, 0.5) is 11.4 Å². The highest BCUT2D eigenvalue weighted by molar-refractivity contribution is 8.00. The van der Waals surface area contributed by atoms with Gasteiger partial charge in [-0.15, -0.1) is 11.8 Å². The quantitative estimate of drug-likeness (QED) is 0.871. The number of hydrogen-bond acceptors (Lipinski definition) is 3. The zero-order valence-corrected chi connectivity index (χ0v) is 15.8. The summed E-state index contributed by atoms with van der Waals surface area (Å²) in [5, 5.41) is 2.93. The molecule has 2 fully saturated rings. The highest BCUT2D eigenvalue weighted by atomic mass is 32.2. The Morgan fingerprint density at radius 2 is 1.96 bits per heavy atom. The molecule has 0 aromatic heterocycles. The lowest BCUT2D eigenvalue weighted by molar-refractivity contribution is -0.117. The van der Waals surface area contributed by atoms with Gasteiger partial charge in [-0.05, 0) is 56.0 Å². The second-order valence-corrected chi connectivity index (χ2v) is 8.17. The Kier molecular flexibility index (Phi) is 4.49. The standard InChI is InChI=1S/C21H22N2O2S/c1-13-6-9-18(14(2)10-13)23-19(24)12-26-21(23)16-4-3-5-17(11-16)22-20(25)15-7-8-15/h3-6,9-11,15,21H,7-8,12H2,1-2H3,(H,22,25)/t21-/m1/s1. The minimum absolute atomic E-state index is 0.0679. The van der Waals surface area contributed by atoms with Gasteiger partial charge in [0.25, 0.3) is 0 Å². The zero-order valence-electron chi connectivity index (χ0n) is 15.0. The molecule has 1 atom stereocenters. The van der Waals surface area contributed by atoms with Crippen LogP contribution in [-0.4, -0.2) is 17.6 Å². The summed E-state index contributed by atoms with van der Waals surface area (Å²) in [4.78, 5) is 26.5. The summed E-state index contributed by atoms with van der Waals surface area (Å²) in [6.07, 6.45) is 1.97. The van der Waals surface area contributed by atoms with Crippen LogP contribution in [0.3, 0.4) is 0 Å². The molecule has 2 amide bonds. The van der Waals surface area contributed by atoms with E-state index >= 15 is 0 Å². The largest absolute Gasteiger partial charge is 0.326 e. The van der Waals surface area contributed by atoms with Crippen molar-refractivity contribution in [3.63, 3.8) is 0 Å². The molecule has 2 aromatic carbocycles. The van der Waals surface area contributed by atoms with Gasteiger partial charge in [-0.2, -0.15) is 0 Å². The van der Waals surface area contributed by atoms with Gasteiger partial charge in [-0.3, -0.25) is 14.5 Å². The van der Waals surface area contributed by atoms with E-state index in [2.05, 4.69) is 18.3 Å². The van der Waals surface area contributed by atoms with E-state index in [0.717, 1.165) is 35.3 Å². The Bertz CT molecular complexity index is 876. The van der Waals surface area contributed by atoms with Crippen LogP contribution in [-0.2, 0) is 9.59 Å². The molecule has 0 unspecified atom stereocenters. The van der Waals surface area contributed by atoms with E-state index < -0.39 is 0 Å². The second kappa shape index (κ2) is 6.80. The summed E-state index contributed by atoms with van der Waals surface area (Å²) in [7, 11) is 0. The number of carbonyl (C=O) groups is 2. The van der Waals surface area contributed by atoms with Crippen LogP contribution in [0, 0.1) is 19.8 Å². The highest BCUT2D eigenvalue weighted by Crippen LogP contribution is 2.43. The molecule has 0 spiro atoms. The molecule has 1 heterocycles. The van der Waals surface area contributed by atoms with Crippen LogP contribution in [0.1, 0.15) is 34.9 Å². The molecule has 5 heteroatoms. The number of benzene rings is 2. The van der Waals surface area contributed by atoms with Crippen molar-refractivity contribution in [1.29, 1.82) is 0 Å². The number of amides is 2. The van der Waals surface area contributed by atoms with E-state index in [-0.39, 0.29) is 23.1 Å². The van der Waals surface area contributed by atoms with Crippen molar-refractivity contribution < 1.29 is 9.59 Å². The van der Waals surface area contributed by atoms with Gasteiger partial charge in [0.1, 0.15) is 5.37 Å². The van der Waals surface area contributed by atoms with Crippen molar-refractivity contribution in [2.75, 3.05) is 16.0 Å². The summed E-state index contributed by atoms with van der Waals surface area (Å²) in [5.74, 6) is 0.868. The number of nitrogens with one attached hydrogen (secondary N) is 1. The number of thioether (sulfide) groups is 1. The Labute approximate surface area is 158 Å². The predicted molar refractivity (Wildman–Crippen MR) is 106 cm³/mol. The van der Waals surface area contributed by atoms with Crippen LogP contribution >= 0.6 is 11.8 Å². The number of anilines is 2. The SMILES string of the molecule is Cc1ccc(N2C(=O)CS[C@@H]2c2cccc(NC(=O)C3CC3)c2)c(C)c1. The zero-order chi connectivity index (χ0) is 18.3. The number of aryl methyl sites for hydroxylation is 2. The van der Waals surface area contributed by atoms with E-state index in [1.165, 1.54) is 5.56 Å². The number of rotatable bonds is 4. The van der Waals surface area contributed by atoms with E-state index in [9.17, 15) is 9.59 Å². The van der Waals surface area contributed by atoms with Crippen molar-refractivity contribution >= 4 is 35.0 Å². The van der Waals surface area contributed by atoms with E-state index in [1.807, 2.05) is 48.2 Å². The van der Waals surface area contributed by atoms with Crippen molar-refractivity contribution in [2.24, 2.45) is 5.92 Å². The fraction of sp³-hybridized carbons (Fsp3) is 0.333. The molecule has 0 radical (unpaired) electrons. The topological polar surface area (TPSA) is 49.4 Å². The summed E-state index contributed by atoms with van der Waals surface area (Å²) < 4.78 is 0. The number of nitrogens with zero attached hydrogens (tertiary/aromatic N) is 1. The minimum atomic E-state index is -0.0679. The molecule has 134 valence electrons. The Balaban J connectivity index is 1.63. The van der Waals surface area contributed by atoms with Gasteiger partial charge in [0.05, 0.1) is 5.75 Å². The summed E-state index contributed by atoms with van der Waals surface area (Å²) in [5.41, 5.74) is 5.09. The highest BCUT2D eigenvalue weighted by Gasteiger charge is 2.35. The summed E-state index contributed by atoms with van der Waals surface area (Å²) in [6.45, 7) is 4.10. The smallest absolute Gasteiger partial charge is 0.238 e. The molecule has 4 rings (SSSR count). The van der Waals surface area contributed by atoms with Crippen LogP contribution in [0.5, 0.6) is 0 Å². The molecule has 2 aromatic rings. The Hall–Kier alpha value is -2.27. The molecular formula is C21H22N2O2S. The lowest BCUT2D eigenvalue weighted by atomic mass is 10.1. The maximum atomic E-state index is 12.6. The molecule has 1 N–H and O–H groups in total. The predicted octanol–water partition coefficient (Wildman–Crippen LogP) is 4.43. The molecule has 0 bridgehead atoms. The molecule has 1 saturated carbocycles. The average Bonchev–Trinajstić information content (AvgIpc) is 3.39. The van der Waals surface area contributed by atoms with Gasteiger partial charge in [-0.1, -0.05) is 29.8 Å². The number of hydrogen-bond donors (Lipinski definition) is 1. The Morgan fingerprint density at radius 3 is 2.69 bits per heavy atom. The maximum absolute atomic E-state index is 12.6. The average molecular weight is 366 g/mol. The van der Waals surface area contributed by atoms with Crippen LogP contribution in [0.25, 0.3) is 0 Å². The molecule has 1 aliphatic heterocycles. The fourth-order valence-corrected chi connectivity index (χ4v) is 4.53. The van der Waals surface area contributed by atoms with Crippen molar-refractivity contribution in [1.82, 2.24) is 0 Å². The van der Waals surface area contributed by atoms with Gasteiger partial charge in [0.2, 0.25) is 11.8 Å². The van der Waals surface area contributed by atoms with Gasteiger partial charge in [-0.25, -0.2) is 0 Å². The summed E-state index contributed by atoms with van der Waals surface area (Å²) >= 11 is 1.63. The molecule has 1 saturated heterocycles. The molecule has 2 aliphatic rings. The molecular weight excluding hydrogens is 344 g/mol. The van der Waals surface area contributed by atoms with Crippen molar-refractivity contribution in [2.45, 2.75) is 32.1 Å². The molecule has 26 heavy (non-hydrogen) atoms. The lowest BCUT2D eigenvalue weighted by Crippen LogP contribution is -2.28. The number of carbonyl (C=O) groups excluding carboxylic acids is 2. The van der Waals surface area contributed by atoms with Crippen molar-refractivity contribution in [3.05, 3.63) is 59.2 Å². The van der Waals surface area contributed by atoms with Crippen LogP contribution in [0.15, 0.2) is 42.5 Å². The first kappa shape index (κ1) is 17.2. The third-order valence-electron chi connectivity index (χ3n) is 4.87. The third kappa shape index (κ3) is 3.36. The first-order chi connectivity index (χ1) is 12.5. The van der Waals surface area contributed by atoms with E-state index in [4.69, 9.17) is 0 Å². The third-order valence-corrected chi connectivity index (χ3v) is 6.08. The monoisotopic (exact) mass is 366 g/mol. The second-order valence-electron chi connectivity index (χ2n) is 7.11. The van der Waals surface area contributed by atoms with Gasteiger partial charge >= 0.3 is 0 Å². The van der Waals surface area contributed by atoms with Crippen LogP contribution in [0.2, 0.25) is 0 Å². The lowest BCUT2D eigenvalue weighted by Gasteiger charge is -2.26. The minimum Gasteiger partial charge on any atom is -0.326 e. The van der Waals surface area contributed by atoms with Gasteiger partial charge in [0.15, 0.2) is 0 Å². The van der Waals surface area contributed by atoms with Crippen LogP contribution < -0.4 is 10.2 Å². The van der Waals surface area contributed by atoms with E-state index in [1.54, 1.807) is 11.8 Å². The normalized spacial score (nSPS) is 19.7. The molecule has 1 aliphatic carbocycles. The Morgan fingerprint density at radius 1 is 1.15 bits per heavy atom. The maximum Gasteiger partial charge on any atom is 0.238 e. The fourth-order valence-electron chi connectivity index (χ4n) is 3.37. The first-order valence-electron chi connectivity index (χ1n) is 8.94. The molecule has 4 nitrogen and oxygen atoms in total. The van der Waals surface area contributed by atoms with E-state index in [0.29, 0.717) is 5.75 Å².